The van der Waals surface area contributed by atoms with Gasteiger partial charge in [-0.05, 0) is 44.0 Å². The fourth-order valence-electron chi connectivity index (χ4n) is 2.16. The van der Waals surface area contributed by atoms with Crippen molar-refractivity contribution >= 4 is 15.9 Å². The van der Waals surface area contributed by atoms with Crippen LogP contribution in [-0.2, 0) is 0 Å². The second kappa shape index (κ2) is 7.93. The number of hydrogen-bond acceptors (Lipinski definition) is 2. The lowest BCUT2D eigenvalue weighted by atomic mass is 10.0. The maximum absolute atomic E-state index is 6.26. The van der Waals surface area contributed by atoms with Gasteiger partial charge in [-0.1, -0.05) is 41.9 Å². The third-order valence-corrected chi connectivity index (χ3v) is 4.12. The molecule has 2 N–H and O–H groups in total. The summed E-state index contributed by atoms with van der Waals surface area (Å²) in [5, 5.41) is 0. The van der Waals surface area contributed by atoms with E-state index >= 15 is 0 Å². The molecule has 0 saturated carbocycles. The van der Waals surface area contributed by atoms with Crippen LogP contribution in [0.5, 0.6) is 0 Å². The van der Waals surface area contributed by atoms with Gasteiger partial charge in [0.1, 0.15) is 0 Å². The van der Waals surface area contributed by atoms with Crippen LogP contribution in [0.15, 0.2) is 28.7 Å². The first-order chi connectivity index (χ1) is 8.58. The molecule has 1 aromatic rings. The highest BCUT2D eigenvalue weighted by Gasteiger charge is 2.12. The zero-order valence-corrected chi connectivity index (χ0v) is 13.3. The molecule has 102 valence electrons. The van der Waals surface area contributed by atoms with Gasteiger partial charge in [-0.25, -0.2) is 0 Å². The molecule has 0 bridgehead atoms. The molecule has 0 amide bonds. The average Bonchev–Trinajstić information content (AvgIpc) is 2.38. The van der Waals surface area contributed by atoms with Crippen LogP contribution in [0.4, 0.5) is 0 Å². The number of benzene rings is 1. The minimum atomic E-state index is 0.126. The fraction of sp³-hybridized carbons (Fsp3) is 0.600. The molecule has 0 aliphatic carbocycles. The van der Waals surface area contributed by atoms with E-state index in [4.69, 9.17) is 5.73 Å². The lowest BCUT2D eigenvalue weighted by Gasteiger charge is -2.28. The van der Waals surface area contributed by atoms with Crippen molar-refractivity contribution in [1.29, 1.82) is 0 Å². The van der Waals surface area contributed by atoms with E-state index in [1.165, 1.54) is 12.0 Å². The van der Waals surface area contributed by atoms with E-state index in [1.807, 2.05) is 12.1 Å². The Kier molecular flexibility index (Phi) is 6.90. The third-order valence-electron chi connectivity index (χ3n) is 3.62. The topological polar surface area (TPSA) is 29.3 Å². The van der Waals surface area contributed by atoms with E-state index in [9.17, 15) is 0 Å². The number of halogens is 1. The molecule has 0 radical (unpaired) electrons. The molecule has 0 fully saturated rings. The molecule has 0 aromatic heterocycles. The lowest BCUT2D eigenvalue weighted by Crippen LogP contribution is -2.34. The normalized spacial score (nSPS) is 14.8. The SMILES string of the molecule is CCC(C)N(CC)CCC(N)c1cccc(Br)c1. The minimum absolute atomic E-state index is 0.126. The first kappa shape index (κ1) is 15.7. The first-order valence-electron chi connectivity index (χ1n) is 6.83. The fourth-order valence-corrected chi connectivity index (χ4v) is 2.57. The van der Waals surface area contributed by atoms with Crippen molar-refractivity contribution in [2.24, 2.45) is 5.73 Å². The summed E-state index contributed by atoms with van der Waals surface area (Å²) in [6.07, 6.45) is 2.20. The van der Waals surface area contributed by atoms with Gasteiger partial charge in [0.15, 0.2) is 0 Å². The standard InChI is InChI=1S/C15H25BrN2/c1-4-12(3)18(5-2)10-9-15(17)13-7-6-8-14(16)11-13/h6-8,11-12,15H,4-5,9-10,17H2,1-3H3. The Hall–Kier alpha value is -0.380. The predicted octanol–water partition coefficient (Wildman–Crippen LogP) is 3.96. The zero-order chi connectivity index (χ0) is 13.5. The monoisotopic (exact) mass is 312 g/mol. The van der Waals surface area contributed by atoms with Crippen molar-refractivity contribution in [3.63, 3.8) is 0 Å². The molecule has 2 atom stereocenters. The van der Waals surface area contributed by atoms with E-state index in [2.05, 4.69) is 53.7 Å². The van der Waals surface area contributed by atoms with E-state index < -0.39 is 0 Å². The van der Waals surface area contributed by atoms with Crippen LogP contribution in [0.1, 0.15) is 45.2 Å². The van der Waals surface area contributed by atoms with Crippen LogP contribution in [0.3, 0.4) is 0 Å². The van der Waals surface area contributed by atoms with Crippen LogP contribution in [-0.4, -0.2) is 24.0 Å². The van der Waals surface area contributed by atoms with Gasteiger partial charge in [-0.15, -0.1) is 0 Å². The Labute approximate surface area is 120 Å². The summed E-state index contributed by atoms with van der Waals surface area (Å²) >= 11 is 3.49. The summed E-state index contributed by atoms with van der Waals surface area (Å²) in [6, 6.07) is 9.07. The molecule has 0 spiro atoms. The largest absolute Gasteiger partial charge is 0.324 e. The third kappa shape index (κ3) is 4.71. The van der Waals surface area contributed by atoms with Gasteiger partial charge in [-0.3, -0.25) is 0 Å². The maximum atomic E-state index is 6.26. The molecule has 2 nitrogen and oxygen atoms in total. The van der Waals surface area contributed by atoms with E-state index in [1.54, 1.807) is 0 Å². The van der Waals surface area contributed by atoms with E-state index in [0.717, 1.165) is 24.0 Å². The van der Waals surface area contributed by atoms with Crippen LogP contribution in [0.2, 0.25) is 0 Å². The summed E-state index contributed by atoms with van der Waals surface area (Å²) in [5.41, 5.74) is 7.47. The summed E-state index contributed by atoms with van der Waals surface area (Å²) < 4.78 is 1.10. The number of rotatable bonds is 7. The minimum Gasteiger partial charge on any atom is -0.324 e. The van der Waals surface area contributed by atoms with Crippen molar-refractivity contribution in [2.75, 3.05) is 13.1 Å². The molecule has 1 rings (SSSR count). The summed E-state index contributed by atoms with van der Waals surface area (Å²) in [7, 11) is 0. The molecule has 3 heteroatoms. The van der Waals surface area contributed by atoms with Gasteiger partial charge in [0, 0.05) is 23.1 Å². The zero-order valence-electron chi connectivity index (χ0n) is 11.7. The highest BCUT2D eigenvalue weighted by atomic mass is 79.9. The quantitative estimate of drug-likeness (QED) is 0.825. The Bertz CT molecular complexity index is 354. The van der Waals surface area contributed by atoms with Crippen molar-refractivity contribution in [2.45, 2.75) is 45.7 Å². The number of nitrogens with zero attached hydrogens (tertiary/aromatic N) is 1. The van der Waals surface area contributed by atoms with Gasteiger partial charge < -0.3 is 10.6 Å². The highest BCUT2D eigenvalue weighted by molar-refractivity contribution is 9.10. The van der Waals surface area contributed by atoms with Crippen LogP contribution in [0.25, 0.3) is 0 Å². The van der Waals surface area contributed by atoms with E-state index in [0.29, 0.717) is 6.04 Å². The summed E-state index contributed by atoms with van der Waals surface area (Å²) in [4.78, 5) is 2.50. The second-order valence-electron chi connectivity index (χ2n) is 4.84. The average molecular weight is 313 g/mol. The van der Waals surface area contributed by atoms with Crippen LogP contribution >= 0.6 is 15.9 Å². The number of hydrogen-bond donors (Lipinski definition) is 1. The van der Waals surface area contributed by atoms with Crippen LogP contribution in [0, 0.1) is 0 Å². The Morgan fingerprint density at radius 3 is 2.61 bits per heavy atom. The van der Waals surface area contributed by atoms with Gasteiger partial charge in [-0.2, -0.15) is 0 Å². The first-order valence-corrected chi connectivity index (χ1v) is 7.62. The second-order valence-corrected chi connectivity index (χ2v) is 5.75. The number of nitrogens with two attached hydrogens (primary N) is 1. The molecule has 0 heterocycles. The molecule has 1 aromatic carbocycles. The van der Waals surface area contributed by atoms with Crippen molar-refractivity contribution < 1.29 is 0 Å². The Morgan fingerprint density at radius 1 is 1.33 bits per heavy atom. The molecule has 2 unspecified atom stereocenters. The van der Waals surface area contributed by atoms with E-state index in [-0.39, 0.29) is 6.04 Å². The van der Waals surface area contributed by atoms with Crippen molar-refractivity contribution in [1.82, 2.24) is 4.90 Å². The lowest BCUT2D eigenvalue weighted by molar-refractivity contribution is 0.207. The Balaban J connectivity index is 2.52. The van der Waals surface area contributed by atoms with Crippen molar-refractivity contribution in [3.8, 4) is 0 Å². The molecule has 0 aliphatic rings. The van der Waals surface area contributed by atoms with Gasteiger partial charge in [0.25, 0.3) is 0 Å². The molecule has 18 heavy (non-hydrogen) atoms. The summed E-state index contributed by atoms with van der Waals surface area (Å²) in [5.74, 6) is 0. The molecular formula is C15H25BrN2. The van der Waals surface area contributed by atoms with Gasteiger partial charge >= 0.3 is 0 Å². The molecule has 0 saturated heterocycles. The predicted molar refractivity (Wildman–Crippen MR) is 82.7 cm³/mol. The summed E-state index contributed by atoms with van der Waals surface area (Å²) in [6.45, 7) is 8.91. The highest BCUT2D eigenvalue weighted by Crippen LogP contribution is 2.19. The Morgan fingerprint density at radius 2 is 2.06 bits per heavy atom. The van der Waals surface area contributed by atoms with Gasteiger partial charge in [0.05, 0.1) is 0 Å². The smallest absolute Gasteiger partial charge is 0.0307 e. The molecular weight excluding hydrogens is 288 g/mol. The maximum Gasteiger partial charge on any atom is 0.0307 e. The van der Waals surface area contributed by atoms with Crippen molar-refractivity contribution in [3.05, 3.63) is 34.3 Å². The van der Waals surface area contributed by atoms with Gasteiger partial charge in [0.2, 0.25) is 0 Å². The van der Waals surface area contributed by atoms with Crippen LogP contribution < -0.4 is 5.73 Å². The molecule has 0 aliphatic heterocycles.